The zero-order valence-electron chi connectivity index (χ0n) is 9.95. The van der Waals surface area contributed by atoms with Gasteiger partial charge >= 0.3 is 5.97 Å². The lowest BCUT2D eigenvalue weighted by Crippen LogP contribution is -2.46. The molecule has 0 spiro atoms. The van der Waals surface area contributed by atoms with E-state index >= 15 is 0 Å². The van der Waals surface area contributed by atoms with E-state index in [0.29, 0.717) is 18.8 Å². The molecule has 2 unspecified atom stereocenters. The number of hydrogen-bond donors (Lipinski definition) is 3. The average molecular weight is 240 g/mol. The molecule has 5 heteroatoms. The normalized spacial score (nSPS) is 29.4. The summed E-state index contributed by atoms with van der Waals surface area (Å²) in [7, 11) is 0. The van der Waals surface area contributed by atoms with Crippen LogP contribution in [0.15, 0.2) is 0 Å². The molecule has 0 aromatic rings. The van der Waals surface area contributed by atoms with Crippen molar-refractivity contribution in [3.63, 3.8) is 0 Å². The largest absolute Gasteiger partial charge is 0.481 e. The fourth-order valence-corrected chi connectivity index (χ4v) is 2.59. The minimum atomic E-state index is -0.729. The van der Waals surface area contributed by atoms with E-state index < -0.39 is 5.97 Å². The number of carboxylic acid groups (broad SMARTS) is 1. The lowest BCUT2D eigenvalue weighted by Gasteiger charge is -2.30. The fourth-order valence-electron chi connectivity index (χ4n) is 2.59. The molecule has 0 aromatic heterocycles. The smallest absolute Gasteiger partial charge is 0.306 e. The predicted molar refractivity (Wildman–Crippen MR) is 62.5 cm³/mol. The van der Waals surface area contributed by atoms with Crippen molar-refractivity contribution in [1.29, 1.82) is 0 Å². The topological polar surface area (TPSA) is 78.4 Å². The van der Waals surface area contributed by atoms with E-state index in [9.17, 15) is 9.59 Å². The van der Waals surface area contributed by atoms with Crippen LogP contribution in [-0.2, 0) is 9.59 Å². The van der Waals surface area contributed by atoms with Crippen LogP contribution in [0.2, 0.25) is 0 Å². The molecule has 2 fully saturated rings. The van der Waals surface area contributed by atoms with E-state index in [0.717, 1.165) is 32.4 Å². The van der Waals surface area contributed by atoms with Crippen molar-refractivity contribution in [2.45, 2.75) is 38.1 Å². The lowest BCUT2D eigenvalue weighted by molar-refractivity contribution is -0.143. The second-order valence-corrected chi connectivity index (χ2v) is 5.19. The van der Waals surface area contributed by atoms with Crippen molar-refractivity contribution in [2.24, 2.45) is 11.8 Å². The van der Waals surface area contributed by atoms with Crippen LogP contribution in [0.5, 0.6) is 0 Å². The second-order valence-electron chi connectivity index (χ2n) is 5.19. The Kier molecular flexibility index (Phi) is 3.99. The highest BCUT2D eigenvalue weighted by atomic mass is 16.4. The van der Waals surface area contributed by atoms with E-state index in [2.05, 4.69) is 10.6 Å². The summed E-state index contributed by atoms with van der Waals surface area (Å²) in [5.41, 5.74) is 0. The molecule has 1 aliphatic heterocycles. The van der Waals surface area contributed by atoms with Gasteiger partial charge in [0.15, 0.2) is 0 Å². The standard InChI is InChI=1S/C12H20N2O3/c15-11(4-8-6-13-7-8)14-10-3-1-2-9(5-10)12(16)17/h8-10,13H,1-7H2,(H,14,15)(H,16,17). The molecular formula is C12H20N2O3. The third-order valence-corrected chi connectivity index (χ3v) is 3.73. The van der Waals surface area contributed by atoms with Gasteiger partial charge < -0.3 is 15.7 Å². The number of hydrogen-bond acceptors (Lipinski definition) is 3. The maximum Gasteiger partial charge on any atom is 0.306 e. The molecule has 2 aliphatic rings. The number of carbonyl (C=O) groups is 2. The van der Waals surface area contributed by atoms with Gasteiger partial charge in [-0.15, -0.1) is 0 Å². The molecule has 96 valence electrons. The minimum Gasteiger partial charge on any atom is -0.481 e. The van der Waals surface area contributed by atoms with E-state index in [1.807, 2.05) is 0 Å². The van der Waals surface area contributed by atoms with Crippen molar-refractivity contribution in [3.05, 3.63) is 0 Å². The molecule has 0 aromatic carbocycles. The highest BCUT2D eigenvalue weighted by molar-refractivity contribution is 5.77. The van der Waals surface area contributed by atoms with Gasteiger partial charge in [-0.3, -0.25) is 9.59 Å². The Morgan fingerprint density at radius 1 is 1.29 bits per heavy atom. The van der Waals surface area contributed by atoms with Crippen LogP contribution in [0.3, 0.4) is 0 Å². The van der Waals surface area contributed by atoms with Gasteiger partial charge in [0.2, 0.25) is 5.91 Å². The number of aliphatic carboxylic acids is 1. The molecule has 1 heterocycles. The molecule has 1 aliphatic carbocycles. The maximum atomic E-state index is 11.7. The van der Waals surface area contributed by atoms with Gasteiger partial charge in [-0.25, -0.2) is 0 Å². The van der Waals surface area contributed by atoms with Gasteiger partial charge in [0.25, 0.3) is 0 Å². The van der Waals surface area contributed by atoms with Crippen molar-refractivity contribution in [2.75, 3.05) is 13.1 Å². The first kappa shape index (κ1) is 12.4. The van der Waals surface area contributed by atoms with E-state index in [4.69, 9.17) is 5.11 Å². The zero-order valence-corrected chi connectivity index (χ0v) is 9.95. The summed E-state index contributed by atoms with van der Waals surface area (Å²) < 4.78 is 0. The van der Waals surface area contributed by atoms with Gasteiger partial charge in [0, 0.05) is 12.5 Å². The number of rotatable bonds is 4. The summed E-state index contributed by atoms with van der Waals surface area (Å²) in [4.78, 5) is 22.6. The van der Waals surface area contributed by atoms with Crippen LogP contribution in [0.4, 0.5) is 0 Å². The van der Waals surface area contributed by atoms with Gasteiger partial charge in [-0.2, -0.15) is 0 Å². The molecule has 1 saturated heterocycles. The van der Waals surface area contributed by atoms with Crippen molar-refractivity contribution < 1.29 is 14.7 Å². The number of nitrogens with one attached hydrogen (secondary N) is 2. The molecule has 1 amide bonds. The molecule has 2 atom stereocenters. The van der Waals surface area contributed by atoms with Crippen LogP contribution in [0.1, 0.15) is 32.1 Å². The fraction of sp³-hybridized carbons (Fsp3) is 0.833. The summed E-state index contributed by atoms with van der Waals surface area (Å²) in [6.07, 6.45) is 3.71. The first-order valence-electron chi connectivity index (χ1n) is 6.38. The molecule has 0 radical (unpaired) electrons. The molecule has 1 saturated carbocycles. The molecular weight excluding hydrogens is 220 g/mol. The van der Waals surface area contributed by atoms with Crippen LogP contribution in [-0.4, -0.2) is 36.1 Å². The third kappa shape index (κ3) is 3.43. The van der Waals surface area contributed by atoms with Gasteiger partial charge in [-0.1, -0.05) is 6.42 Å². The maximum absolute atomic E-state index is 11.7. The first-order chi connectivity index (χ1) is 8.15. The zero-order chi connectivity index (χ0) is 12.3. The SMILES string of the molecule is O=C(CC1CNC1)NC1CCCC(C(=O)O)C1. The van der Waals surface area contributed by atoms with Crippen molar-refractivity contribution in [3.8, 4) is 0 Å². The Bertz CT molecular complexity index is 302. The Hall–Kier alpha value is -1.10. The minimum absolute atomic E-state index is 0.0605. The van der Waals surface area contributed by atoms with Gasteiger partial charge in [-0.05, 0) is 38.3 Å². The Labute approximate surface area is 101 Å². The number of carbonyl (C=O) groups excluding carboxylic acids is 1. The Balaban J connectivity index is 1.73. The molecule has 2 rings (SSSR count). The second kappa shape index (κ2) is 5.49. The first-order valence-corrected chi connectivity index (χ1v) is 6.38. The van der Waals surface area contributed by atoms with Crippen molar-refractivity contribution >= 4 is 11.9 Å². The van der Waals surface area contributed by atoms with Gasteiger partial charge in [0.1, 0.15) is 0 Å². The van der Waals surface area contributed by atoms with Crippen LogP contribution < -0.4 is 10.6 Å². The molecule has 0 bridgehead atoms. The van der Waals surface area contributed by atoms with E-state index in [-0.39, 0.29) is 17.9 Å². The number of amides is 1. The van der Waals surface area contributed by atoms with E-state index in [1.54, 1.807) is 0 Å². The molecule has 3 N–H and O–H groups in total. The van der Waals surface area contributed by atoms with Gasteiger partial charge in [0.05, 0.1) is 5.92 Å². The van der Waals surface area contributed by atoms with Crippen LogP contribution >= 0.6 is 0 Å². The summed E-state index contributed by atoms with van der Waals surface area (Å²) in [6, 6.07) is 0.0605. The third-order valence-electron chi connectivity index (χ3n) is 3.73. The average Bonchev–Trinajstić information content (AvgIpc) is 2.24. The Morgan fingerprint density at radius 2 is 2.06 bits per heavy atom. The molecule has 17 heavy (non-hydrogen) atoms. The summed E-state index contributed by atoms with van der Waals surface area (Å²) >= 11 is 0. The lowest BCUT2D eigenvalue weighted by atomic mass is 9.85. The highest BCUT2D eigenvalue weighted by Crippen LogP contribution is 2.24. The quantitative estimate of drug-likeness (QED) is 0.663. The van der Waals surface area contributed by atoms with Crippen molar-refractivity contribution in [1.82, 2.24) is 10.6 Å². The number of carboxylic acids is 1. The Morgan fingerprint density at radius 3 is 2.65 bits per heavy atom. The predicted octanol–water partition coefficient (Wildman–Crippen LogP) is 0.355. The summed E-state index contributed by atoms with van der Waals surface area (Å²) in [5, 5.41) is 15.1. The molecule has 5 nitrogen and oxygen atoms in total. The summed E-state index contributed by atoms with van der Waals surface area (Å²) in [5.74, 6) is -0.465. The van der Waals surface area contributed by atoms with E-state index in [1.165, 1.54) is 0 Å². The van der Waals surface area contributed by atoms with Crippen LogP contribution in [0, 0.1) is 11.8 Å². The van der Waals surface area contributed by atoms with Crippen LogP contribution in [0.25, 0.3) is 0 Å². The highest BCUT2D eigenvalue weighted by Gasteiger charge is 2.28. The summed E-state index contributed by atoms with van der Waals surface area (Å²) in [6.45, 7) is 1.85. The monoisotopic (exact) mass is 240 g/mol.